The molecule has 4 atom stereocenters. The van der Waals surface area contributed by atoms with E-state index in [1.165, 1.54) is 0 Å². The fraction of sp³-hybridized carbons (Fsp3) is 0.314. The Bertz CT molecular complexity index is 1420. The number of ether oxygens (including phenoxy) is 2. The van der Waals surface area contributed by atoms with Crippen LogP contribution in [0.15, 0.2) is 103 Å². The minimum atomic E-state index is -1.05. The van der Waals surface area contributed by atoms with Crippen molar-refractivity contribution in [3.05, 3.63) is 120 Å². The summed E-state index contributed by atoms with van der Waals surface area (Å²) in [4.78, 5) is 52.2. The number of esters is 1. The second-order valence-electron chi connectivity index (χ2n) is 10.8. The lowest BCUT2D eigenvalue weighted by atomic mass is 9.97. The van der Waals surface area contributed by atoms with Crippen LogP contribution in [-0.2, 0) is 36.9 Å². The molecule has 3 aromatic carbocycles. The van der Waals surface area contributed by atoms with Gasteiger partial charge >= 0.3 is 12.1 Å². The molecule has 0 saturated heterocycles. The van der Waals surface area contributed by atoms with Crippen LogP contribution < -0.4 is 16.0 Å². The molecule has 1 heterocycles. The van der Waals surface area contributed by atoms with Crippen LogP contribution in [0.1, 0.15) is 42.1 Å². The molecule has 10 heteroatoms. The molecule has 3 aromatic rings. The van der Waals surface area contributed by atoms with E-state index in [0.29, 0.717) is 12.0 Å². The number of hydrogen-bond acceptors (Lipinski definition) is 7. The Kier molecular flexibility index (Phi) is 12.7. The smallest absolute Gasteiger partial charge is 0.408 e. The Morgan fingerprint density at radius 2 is 1.51 bits per heavy atom. The van der Waals surface area contributed by atoms with Crippen LogP contribution in [0.4, 0.5) is 4.79 Å². The predicted octanol–water partition coefficient (Wildman–Crippen LogP) is 3.76. The van der Waals surface area contributed by atoms with Gasteiger partial charge in [-0.3, -0.25) is 9.59 Å². The molecule has 0 spiro atoms. The van der Waals surface area contributed by atoms with Gasteiger partial charge in [-0.25, -0.2) is 9.59 Å². The molecule has 3 amide bonds. The first kappa shape index (κ1) is 32.9. The molecule has 1 aliphatic rings. The van der Waals surface area contributed by atoms with Crippen LogP contribution in [0, 0.1) is 5.92 Å². The molecular formula is C35H39N3O7. The number of nitrogens with one attached hydrogen (secondary N) is 3. The van der Waals surface area contributed by atoms with Crippen LogP contribution in [0.3, 0.4) is 0 Å². The van der Waals surface area contributed by atoms with Crippen molar-refractivity contribution < 1.29 is 33.8 Å². The van der Waals surface area contributed by atoms with Gasteiger partial charge < -0.3 is 30.5 Å². The monoisotopic (exact) mass is 613 g/mol. The molecule has 0 unspecified atom stereocenters. The molecule has 0 aliphatic carbocycles. The van der Waals surface area contributed by atoms with Crippen LogP contribution >= 0.6 is 0 Å². The second kappa shape index (κ2) is 17.4. The first-order valence-electron chi connectivity index (χ1n) is 15.0. The largest absolute Gasteiger partial charge is 0.454 e. The highest BCUT2D eigenvalue weighted by Crippen LogP contribution is 2.20. The lowest BCUT2D eigenvalue weighted by molar-refractivity contribution is -0.152. The number of hydrogen-bond donors (Lipinski definition) is 4. The first-order chi connectivity index (χ1) is 21.9. The summed E-state index contributed by atoms with van der Waals surface area (Å²) in [6.07, 6.45) is 2.43. The Labute approximate surface area is 262 Å². The summed E-state index contributed by atoms with van der Waals surface area (Å²) in [7, 11) is 0. The molecule has 0 aromatic heterocycles. The summed E-state index contributed by atoms with van der Waals surface area (Å²) < 4.78 is 11.1. The first-order valence-corrected chi connectivity index (χ1v) is 15.0. The number of amides is 3. The molecular weight excluding hydrogens is 574 g/mol. The van der Waals surface area contributed by atoms with Gasteiger partial charge in [0, 0.05) is 6.42 Å². The average molecular weight is 614 g/mol. The standard InChI is InChI=1S/C35H39N3O7/c39-23-29(20-25-12-4-1-5-13-25)37-32(40)21-28-18-10-11-19-30(38-35(43)44-24-26-14-6-2-7-15-26)34(42)45-31(22-36-33(28)41)27-16-8-3-9-17-27/h1-17,28-31,39H,18-24H2,(H,36,41)(H,37,40)(H,38,43)/t28-,29+,30-,31-/m1/s1. The van der Waals surface area contributed by atoms with Gasteiger partial charge in [-0.1, -0.05) is 103 Å². The normalized spacial score (nSPS) is 19.5. The van der Waals surface area contributed by atoms with Crippen molar-refractivity contribution in [1.82, 2.24) is 16.0 Å². The van der Waals surface area contributed by atoms with Crippen molar-refractivity contribution in [2.24, 2.45) is 5.92 Å². The third-order valence-corrected chi connectivity index (χ3v) is 7.35. The van der Waals surface area contributed by atoms with E-state index in [1.807, 2.05) is 66.7 Å². The summed E-state index contributed by atoms with van der Waals surface area (Å²) in [5.74, 6) is -2.12. The number of aliphatic hydroxyl groups excluding tert-OH is 1. The lowest BCUT2D eigenvalue weighted by Crippen LogP contribution is -2.44. The van der Waals surface area contributed by atoms with Crippen molar-refractivity contribution in [3.8, 4) is 0 Å². The number of carbonyl (C=O) groups excluding carboxylic acids is 4. The maximum Gasteiger partial charge on any atom is 0.408 e. The fourth-order valence-corrected chi connectivity index (χ4v) is 4.92. The van der Waals surface area contributed by atoms with Gasteiger partial charge in [-0.15, -0.1) is 0 Å². The highest BCUT2D eigenvalue weighted by Gasteiger charge is 2.29. The number of cyclic esters (lactones) is 1. The summed E-state index contributed by atoms with van der Waals surface area (Å²) in [5, 5.41) is 18.1. The third-order valence-electron chi connectivity index (χ3n) is 7.35. The van der Waals surface area contributed by atoms with Gasteiger partial charge in [0.25, 0.3) is 0 Å². The van der Waals surface area contributed by atoms with E-state index in [4.69, 9.17) is 9.47 Å². The molecule has 0 saturated carbocycles. The SMILES string of the molecule is O=C(C[C@H]1CC=CC[C@@H](NC(=O)OCc2ccccc2)C(=O)O[C@@H](c2ccccc2)CNC1=O)N[C@H](CO)Cc1ccccc1. The van der Waals surface area contributed by atoms with E-state index in [0.717, 1.165) is 11.1 Å². The van der Waals surface area contributed by atoms with Gasteiger partial charge in [-0.05, 0) is 36.0 Å². The van der Waals surface area contributed by atoms with Gasteiger partial charge in [0.1, 0.15) is 18.8 Å². The second-order valence-corrected chi connectivity index (χ2v) is 10.8. The summed E-state index contributed by atoms with van der Waals surface area (Å²) in [5.41, 5.74) is 2.43. The maximum absolute atomic E-state index is 13.3. The van der Waals surface area contributed by atoms with Crippen molar-refractivity contribution >= 4 is 23.9 Å². The number of allylic oxidation sites excluding steroid dienone is 1. The summed E-state index contributed by atoms with van der Waals surface area (Å²) >= 11 is 0. The zero-order valence-electron chi connectivity index (χ0n) is 25.0. The molecule has 1 aliphatic heterocycles. The molecule has 0 radical (unpaired) electrons. The molecule has 10 nitrogen and oxygen atoms in total. The Morgan fingerprint density at radius 3 is 2.18 bits per heavy atom. The van der Waals surface area contributed by atoms with Crippen LogP contribution in [0.2, 0.25) is 0 Å². The molecule has 0 fully saturated rings. The minimum absolute atomic E-state index is 0.0329. The van der Waals surface area contributed by atoms with Gasteiger partial charge in [0.2, 0.25) is 11.8 Å². The van der Waals surface area contributed by atoms with E-state index in [1.54, 1.807) is 36.4 Å². The zero-order chi connectivity index (χ0) is 31.9. The van der Waals surface area contributed by atoms with Crippen molar-refractivity contribution in [3.63, 3.8) is 0 Å². The van der Waals surface area contributed by atoms with E-state index in [-0.39, 0.29) is 50.8 Å². The summed E-state index contributed by atoms with van der Waals surface area (Å²) in [6.45, 7) is -0.242. The predicted molar refractivity (Wildman–Crippen MR) is 167 cm³/mol. The number of benzene rings is 3. The quantitative estimate of drug-likeness (QED) is 0.201. The topological polar surface area (TPSA) is 143 Å². The van der Waals surface area contributed by atoms with Gasteiger partial charge in [0.05, 0.1) is 25.1 Å². The fourth-order valence-electron chi connectivity index (χ4n) is 4.92. The number of alkyl carbamates (subject to hydrolysis) is 1. The molecule has 236 valence electrons. The molecule has 4 N–H and O–H groups in total. The van der Waals surface area contributed by atoms with Crippen molar-refractivity contribution in [1.29, 1.82) is 0 Å². The molecule has 0 bridgehead atoms. The lowest BCUT2D eigenvalue weighted by Gasteiger charge is -2.25. The van der Waals surface area contributed by atoms with E-state index in [9.17, 15) is 24.3 Å². The number of aliphatic hydroxyl groups is 1. The summed E-state index contributed by atoms with van der Waals surface area (Å²) in [6, 6.07) is 26.1. The Morgan fingerprint density at radius 1 is 0.889 bits per heavy atom. The van der Waals surface area contributed by atoms with Crippen LogP contribution in [-0.4, -0.2) is 54.2 Å². The molecule has 45 heavy (non-hydrogen) atoms. The van der Waals surface area contributed by atoms with E-state index >= 15 is 0 Å². The van der Waals surface area contributed by atoms with Crippen LogP contribution in [0.5, 0.6) is 0 Å². The van der Waals surface area contributed by atoms with Crippen LogP contribution in [0.25, 0.3) is 0 Å². The highest BCUT2D eigenvalue weighted by molar-refractivity contribution is 5.86. The third kappa shape index (κ3) is 10.9. The van der Waals surface area contributed by atoms with Crippen molar-refractivity contribution in [2.45, 2.75) is 50.5 Å². The van der Waals surface area contributed by atoms with Gasteiger partial charge in [0.15, 0.2) is 0 Å². The minimum Gasteiger partial charge on any atom is -0.454 e. The van der Waals surface area contributed by atoms with Crippen molar-refractivity contribution in [2.75, 3.05) is 13.2 Å². The van der Waals surface area contributed by atoms with Gasteiger partial charge in [-0.2, -0.15) is 0 Å². The maximum atomic E-state index is 13.3. The highest BCUT2D eigenvalue weighted by atomic mass is 16.6. The zero-order valence-corrected chi connectivity index (χ0v) is 25.0. The average Bonchev–Trinajstić information content (AvgIpc) is 3.06. The van der Waals surface area contributed by atoms with E-state index < -0.39 is 36.2 Å². The Balaban J connectivity index is 1.44. The van der Waals surface area contributed by atoms with E-state index in [2.05, 4.69) is 16.0 Å². The Hall–Kier alpha value is -4.96. The number of rotatable bonds is 10. The molecule has 4 rings (SSSR count). The number of carbonyl (C=O) groups is 4.